The van der Waals surface area contributed by atoms with E-state index in [2.05, 4.69) is 15.0 Å². The van der Waals surface area contributed by atoms with Gasteiger partial charge in [-0.25, -0.2) is 9.79 Å². The number of hydrogen-bond donors (Lipinski definition) is 1. The van der Waals surface area contributed by atoms with Crippen LogP contribution in [0.1, 0.15) is 27.1 Å². The highest BCUT2D eigenvalue weighted by atomic mass is 32.2. The summed E-state index contributed by atoms with van der Waals surface area (Å²) in [7, 11) is 2.86. The summed E-state index contributed by atoms with van der Waals surface area (Å²) in [5, 5.41) is 13.1. The lowest BCUT2D eigenvalue weighted by atomic mass is 10.2. The van der Waals surface area contributed by atoms with Crippen molar-refractivity contribution in [3.63, 3.8) is 0 Å². The summed E-state index contributed by atoms with van der Waals surface area (Å²) in [5.41, 5.74) is 1.27. The summed E-state index contributed by atoms with van der Waals surface area (Å²) in [5.74, 6) is -2.45. The van der Waals surface area contributed by atoms with Crippen LogP contribution in [-0.2, 0) is 14.3 Å². The average molecular weight is 440 g/mol. The SMILES string of the molecule is COC(=O)c1ccc(N=C2S[C@@H](C(=O)Nc3ccc(C(=O)[O-])cc3)CC(=O)N2C)cc1. The molecule has 0 bridgehead atoms. The molecule has 1 fully saturated rings. The molecule has 0 spiro atoms. The van der Waals surface area contributed by atoms with Crippen molar-refractivity contribution in [2.24, 2.45) is 4.99 Å². The Balaban J connectivity index is 1.74. The summed E-state index contributed by atoms with van der Waals surface area (Å²) in [6.07, 6.45) is -0.00950. The van der Waals surface area contributed by atoms with Crippen molar-refractivity contribution in [2.75, 3.05) is 19.5 Å². The van der Waals surface area contributed by atoms with Gasteiger partial charge >= 0.3 is 5.97 Å². The smallest absolute Gasteiger partial charge is 0.337 e. The van der Waals surface area contributed by atoms with Gasteiger partial charge in [-0.1, -0.05) is 23.9 Å². The van der Waals surface area contributed by atoms with Gasteiger partial charge in [0.2, 0.25) is 11.8 Å². The number of carbonyl (C=O) groups excluding carboxylic acids is 4. The molecule has 2 aromatic carbocycles. The largest absolute Gasteiger partial charge is 0.545 e. The van der Waals surface area contributed by atoms with Crippen LogP contribution in [0.25, 0.3) is 0 Å². The van der Waals surface area contributed by atoms with Crippen molar-refractivity contribution in [3.8, 4) is 0 Å². The number of ether oxygens (including phenoxy) is 1. The fraction of sp³-hybridized carbons (Fsp3) is 0.190. The number of hydrogen-bond acceptors (Lipinski definition) is 8. The molecular formula is C21H18N3O6S-. The number of nitrogens with one attached hydrogen (secondary N) is 1. The Morgan fingerprint density at radius 2 is 1.71 bits per heavy atom. The number of aromatic carboxylic acids is 1. The van der Waals surface area contributed by atoms with E-state index in [1.165, 1.54) is 36.3 Å². The Hall–Kier alpha value is -3.66. The zero-order chi connectivity index (χ0) is 22.5. The van der Waals surface area contributed by atoms with Gasteiger partial charge in [0.05, 0.1) is 24.3 Å². The van der Waals surface area contributed by atoms with E-state index in [1.54, 1.807) is 31.3 Å². The van der Waals surface area contributed by atoms with Crippen LogP contribution in [0.15, 0.2) is 53.5 Å². The number of amides is 2. The van der Waals surface area contributed by atoms with Crippen LogP contribution in [0.5, 0.6) is 0 Å². The lowest BCUT2D eigenvalue weighted by Gasteiger charge is -2.28. The van der Waals surface area contributed by atoms with Crippen LogP contribution in [0.2, 0.25) is 0 Å². The number of rotatable bonds is 5. The van der Waals surface area contributed by atoms with Crippen molar-refractivity contribution in [1.82, 2.24) is 4.90 Å². The highest BCUT2D eigenvalue weighted by Crippen LogP contribution is 2.29. The van der Waals surface area contributed by atoms with Gasteiger partial charge in [0.25, 0.3) is 0 Å². The number of aliphatic imine (C=N–C) groups is 1. The Labute approximate surface area is 182 Å². The second-order valence-corrected chi connectivity index (χ2v) is 7.72. The van der Waals surface area contributed by atoms with E-state index in [9.17, 15) is 24.3 Å². The normalized spacial score (nSPS) is 17.4. The molecule has 0 aliphatic carbocycles. The monoisotopic (exact) mass is 440 g/mol. The first-order chi connectivity index (χ1) is 14.8. The maximum Gasteiger partial charge on any atom is 0.337 e. The van der Waals surface area contributed by atoms with Crippen LogP contribution in [-0.4, -0.2) is 53.2 Å². The molecule has 160 valence electrons. The predicted molar refractivity (Wildman–Crippen MR) is 113 cm³/mol. The first-order valence-electron chi connectivity index (χ1n) is 9.11. The first kappa shape index (κ1) is 22.0. The van der Waals surface area contributed by atoms with Crippen LogP contribution in [0.3, 0.4) is 0 Å². The second kappa shape index (κ2) is 9.43. The van der Waals surface area contributed by atoms with Crippen LogP contribution in [0, 0.1) is 0 Å². The summed E-state index contributed by atoms with van der Waals surface area (Å²) in [6, 6.07) is 11.9. The molecule has 1 aliphatic heterocycles. The van der Waals surface area contributed by atoms with E-state index in [0.717, 1.165) is 11.8 Å². The van der Waals surface area contributed by atoms with Gasteiger partial charge in [-0.15, -0.1) is 0 Å². The molecule has 2 amide bonds. The van der Waals surface area contributed by atoms with E-state index in [1.807, 2.05) is 0 Å². The standard InChI is InChI=1S/C21H19N3O6S/c1-24-17(25)11-16(18(26)22-14-7-3-12(4-8-14)19(27)28)31-21(24)23-15-9-5-13(6-10-15)20(29)30-2/h3-10,16H,11H2,1-2H3,(H,22,26)(H,27,28)/p-1/t16-/m1/s1. The Bertz CT molecular complexity index is 1050. The zero-order valence-electron chi connectivity index (χ0n) is 16.7. The molecule has 0 saturated carbocycles. The Morgan fingerprint density at radius 3 is 2.29 bits per heavy atom. The second-order valence-electron chi connectivity index (χ2n) is 6.55. The summed E-state index contributed by atoms with van der Waals surface area (Å²) < 4.78 is 4.66. The number of thioether (sulfide) groups is 1. The average Bonchev–Trinajstić information content (AvgIpc) is 2.77. The van der Waals surface area contributed by atoms with E-state index >= 15 is 0 Å². The summed E-state index contributed by atoms with van der Waals surface area (Å²) in [4.78, 5) is 53.2. The lowest BCUT2D eigenvalue weighted by Crippen LogP contribution is -2.43. The number of carbonyl (C=O) groups is 4. The summed E-state index contributed by atoms with van der Waals surface area (Å²) in [6.45, 7) is 0. The molecule has 1 aliphatic rings. The van der Waals surface area contributed by atoms with Gasteiger partial charge in [0.15, 0.2) is 5.17 Å². The van der Waals surface area contributed by atoms with Crippen LogP contribution < -0.4 is 10.4 Å². The van der Waals surface area contributed by atoms with E-state index in [-0.39, 0.29) is 17.9 Å². The van der Waals surface area contributed by atoms with Crippen LogP contribution in [0.4, 0.5) is 11.4 Å². The van der Waals surface area contributed by atoms with Gasteiger partial charge in [-0.3, -0.25) is 14.5 Å². The number of esters is 1. The molecule has 9 nitrogen and oxygen atoms in total. The van der Waals surface area contributed by atoms with Crippen molar-refractivity contribution >= 4 is 52.1 Å². The van der Waals surface area contributed by atoms with Crippen molar-refractivity contribution in [3.05, 3.63) is 59.7 Å². The third-order valence-electron chi connectivity index (χ3n) is 4.46. The number of carboxylic acid groups (broad SMARTS) is 1. The molecular weight excluding hydrogens is 422 g/mol. The fourth-order valence-electron chi connectivity index (χ4n) is 2.71. The summed E-state index contributed by atoms with van der Waals surface area (Å²) >= 11 is 1.14. The molecule has 0 radical (unpaired) electrons. The third kappa shape index (κ3) is 5.28. The number of amidine groups is 1. The fourth-order valence-corrected chi connectivity index (χ4v) is 3.77. The molecule has 0 unspecified atom stereocenters. The van der Waals surface area contributed by atoms with Gasteiger partial charge in [-0.2, -0.15) is 0 Å². The molecule has 2 aromatic rings. The molecule has 10 heteroatoms. The topological polar surface area (TPSA) is 128 Å². The highest BCUT2D eigenvalue weighted by molar-refractivity contribution is 8.15. The van der Waals surface area contributed by atoms with Crippen molar-refractivity contribution in [1.29, 1.82) is 0 Å². The molecule has 1 atom stereocenters. The van der Waals surface area contributed by atoms with Gasteiger partial charge in [0, 0.05) is 19.2 Å². The Morgan fingerprint density at radius 1 is 1.10 bits per heavy atom. The minimum Gasteiger partial charge on any atom is -0.545 e. The maximum absolute atomic E-state index is 12.7. The molecule has 1 N–H and O–H groups in total. The van der Waals surface area contributed by atoms with Crippen molar-refractivity contribution < 1.29 is 29.0 Å². The van der Waals surface area contributed by atoms with Crippen molar-refractivity contribution in [2.45, 2.75) is 11.7 Å². The van der Waals surface area contributed by atoms with E-state index < -0.39 is 23.1 Å². The zero-order valence-corrected chi connectivity index (χ0v) is 17.5. The van der Waals surface area contributed by atoms with Gasteiger partial charge < -0.3 is 20.0 Å². The number of anilines is 1. The molecule has 1 saturated heterocycles. The molecule has 1 heterocycles. The molecule has 3 rings (SSSR count). The van der Waals surface area contributed by atoms with E-state index in [0.29, 0.717) is 22.1 Å². The van der Waals surface area contributed by atoms with Gasteiger partial charge in [0.1, 0.15) is 5.25 Å². The minimum atomic E-state index is -1.31. The number of nitrogens with zero attached hydrogens (tertiary/aromatic N) is 2. The predicted octanol–water partition coefficient (Wildman–Crippen LogP) is 1.43. The molecule has 0 aromatic heterocycles. The van der Waals surface area contributed by atoms with Gasteiger partial charge in [-0.05, 0) is 42.0 Å². The molecule has 31 heavy (non-hydrogen) atoms. The number of methoxy groups -OCH3 is 1. The maximum atomic E-state index is 12.7. The third-order valence-corrected chi connectivity index (χ3v) is 5.70. The van der Waals surface area contributed by atoms with Crippen LogP contribution >= 0.6 is 11.8 Å². The number of carboxylic acids is 1. The first-order valence-corrected chi connectivity index (χ1v) is 9.99. The minimum absolute atomic E-state index is 0.00511. The quantitative estimate of drug-likeness (QED) is 0.697. The Kier molecular flexibility index (Phi) is 6.71. The highest BCUT2D eigenvalue weighted by Gasteiger charge is 2.34. The number of benzene rings is 2. The lowest BCUT2D eigenvalue weighted by molar-refractivity contribution is -0.255. The van der Waals surface area contributed by atoms with E-state index in [4.69, 9.17) is 0 Å².